The number of aromatic nitrogens is 2. The highest BCUT2D eigenvalue weighted by Gasteiger charge is 2.39. The van der Waals surface area contributed by atoms with E-state index in [1.165, 1.54) is 32.8 Å². The van der Waals surface area contributed by atoms with Gasteiger partial charge in [-0.2, -0.15) is 0 Å². The van der Waals surface area contributed by atoms with Crippen LogP contribution in [-0.2, 0) is 4.74 Å². The second kappa shape index (κ2) is 4.55. The Labute approximate surface area is 106 Å². The molecule has 0 amide bonds. The van der Waals surface area contributed by atoms with Crippen LogP contribution in [0.25, 0.3) is 0 Å². The number of methoxy groups -OCH3 is 1. The van der Waals surface area contributed by atoms with Gasteiger partial charge in [0.1, 0.15) is 5.82 Å². The number of carbonyl (C=O) groups is 1. The molecule has 96 valence electrons. The van der Waals surface area contributed by atoms with Crippen molar-refractivity contribution in [2.45, 2.75) is 31.7 Å². The van der Waals surface area contributed by atoms with Crippen LogP contribution in [0.5, 0.6) is 0 Å². The fraction of sp³-hybridized carbons (Fsp3) is 0.615. The molecule has 2 bridgehead atoms. The summed E-state index contributed by atoms with van der Waals surface area (Å²) in [5.41, 5.74) is 0. The van der Waals surface area contributed by atoms with Gasteiger partial charge < -0.3 is 10.1 Å². The fourth-order valence-electron chi connectivity index (χ4n) is 3.24. The van der Waals surface area contributed by atoms with Crippen molar-refractivity contribution >= 4 is 11.8 Å². The van der Waals surface area contributed by atoms with Crippen molar-refractivity contribution in [2.24, 2.45) is 11.8 Å². The number of nitrogens with one attached hydrogen (secondary N) is 1. The van der Waals surface area contributed by atoms with Crippen molar-refractivity contribution in [1.82, 2.24) is 9.97 Å². The minimum Gasteiger partial charge on any atom is -0.463 e. The molecule has 5 heteroatoms. The summed E-state index contributed by atoms with van der Waals surface area (Å²) in [5.74, 6) is 2.00. The zero-order valence-electron chi connectivity index (χ0n) is 10.4. The Morgan fingerprint density at radius 1 is 1.44 bits per heavy atom. The minimum atomic E-state index is -0.494. The number of ether oxygens (including phenoxy) is 1. The Balaban J connectivity index is 1.71. The first kappa shape index (κ1) is 11.4. The van der Waals surface area contributed by atoms with Gasteiger partial charge in [-0.3, -0.25) is 0 Å². The monoisotopic (exact) mass is 247 g/mol. The lowest BCUT2D eigenvalue weighted by Gasteiger charge is -2.23. The number of esters is 1. The Morgan fingerprint density at radius 3 is 3.00 bits per heavy atom. The summed E-state index contributed by atoms with van der Waals surface area (Å²) in [7, 11) is 1.34. The molecular weight excluding hydrogens is 230 g/mol. The molecule has 3 rings (SSSR count). The first-order valence-electron chi connectivity index (χ1n) is 6.44. The number of fused-ring (bicyclic) bond motifs is 2. The average Bonchev–Trinajstić information content (AvgIpc) is 3.00. The van der Waals surface area contributed by atoms with Gasteiger partial charge in [-0.1, -0.05) is 6.42 Å². The van der Waals surface area contributed by atoms with E-state index in [2.05, 4.69) is 20.0 Å². The minimum absolute atomic E-state index is 0.116. The third-order valence-corrected chi connectivity index (χ3v) is 4.09. The van der Waals surface area contributed by atoms with Gasteiger partial charge in [0.2, 0.25) is 5.82 Å². The molecule has 3 atom stereocenters. The summed E-state index contributed by atoms with van der Waals surface area (Å²) in [4.78, 5) is 19.5. The quantitative estimate of drug-likeness (QED) is 0.826. The standard InChI is InChI=1S/C13H17N3O2/c1-18-13(17)12-14-5-4-11(16-12)15-10-7-8-2-3-9(10)6-8/h4-5,8-10H,2-3,6-7H2,1H3,(H,14,15,16). The SMILES string of the molecule is COC(=O)c1nccc(NC2CC3CCC2C3)n1. The van der Waals surface area contributed by atoms with Crippen molar-refractivity contribution in [3.63, 3.8) is 0 Å². The maximum absolute atomic E-state index is 11.4. The molecule has 1 aromatic heterocycles. The number of hydrogen-bond donors (Lipinski definition) is 1. The summed E-state index contributed by atoms with van der Waals surface area (Å²) in [6.07, 6.45) is 6.85. The van der Waals surface area contributed by atoms with Crippen LogP contribution >= 0.6 is 0 Å². The zero-order valence-corrected chi connectivity index (χ0v) is 10.4. The molecule has 1 aromatic rings. The molecule has 0 aliphatic heterocycles. The molecule has 3 unspecified atom stereocenters. The van der Waals surface area contributed by atoms with Crippen LogP contribution in [0.2, 0.25) is 0 Å². The predicted molar refractivity (Wildman–Crippen MR) is 66.2 cm³/mol. The van der Waals surface area contributed by atoms with Gasteiger partial charge in [-0.05, 0) is 37.2 Å². The van der Waals surface area contributed by atoms with E-state index in [9.17, 15) is 4.79 Å². The highest BCUT2D eigenvalue weighted by Crippen LogP contribution is 2.45. The Kier molecular flexibility index (Phi) is 2.89. The Morgan fingerprint density at radius 2 is 2.33 bits per heavy atom. The zero-order chi connectivity index (χ0) is 12.5. The lowest BCUT2D eigenvalue weighted by Crippen LogP contribution is -2.26. The molecule has 2 aliphatic carbocycles. The topological polar surface area (TPSA) is 64.1 Å². The van der Waals surface area contributed by atoms with Gasteiger partial charge in [0.05, 0.1) is 7.11 Å². The van der Waals surface area contributed by atoms with Crippen LogP contribution in [0.15, 0.2) is 12.3 Å². The molecule has 2 fully saturated rings. The molecule has 0 spiro atoms. The van der Waals surface area contributed by atoms with Gasteiger partial charge in [-0.25, -0.2) is 14.8 Å². The number of anilines is 1. The first-order chi connectivity index (χ1) is 8.76. The van der Waals surface area contributed by atoms with Crippen molar-refractivity contribution in [1.29, 1.82) is 0 Å². The summed E-state index contributed by atoms with van der Waals surface area (Å²) >= 11 is 0. The van der Waals surface area contributed by atoms with E-state index in [1.54, 1.807) is 12.3 Å². The number of rotatable bonds is 3. The smallest absolute Gasteiger partial charge is 0.376 e. The van der Waals surface area contributed by atoms with Gasteiger partial charge in [-0.15, -0.1) is 0 Å². The van der Waals surface area contributed by atoms with Crippen LogP contribution < -0.4 is 5.32 Å². The summed E-state index contributed by atoms with van der Waals surface area (Å²) in [6.45, 7) is 0. The van der Waals surface area contributed by atoms with Crippen LogP contribution in [0.4, 0.5) is 5.82 Å². The van der Waals surface area contributed by atoms with Crippen molar-refractivity contribution in [2.75, 3.05) is 12.4 Å². The van der Waals surface area contributed by atoms with E-state index in [4.69, 9.17) is 0 Å². The van der Waals surface area contributed by atoms with Crippen LogP contribution in [-0.4, -0.2) is 29.1 Å². The van der Waals surface area contributed by atoms with Crippen molar-refractivity contribution in [3.05, 3.63) is 18.1 Å². The molecule has 2 aliphatic rings. The highest BCUT2D eigenvalue weighted by molar-refractivity contribution is 5.85. The molecule has 0 aromatic carbocycles. The maximum Gasteiger partial charge on any atom is 0.376 e. The molecule has 5 nitrogen and oxygen atoms in total. The molecule has 18 heavy (non-hydrogen) atoms. The number of hydrogen-bond acceptors (Lipinski definition) is 5. The van der Waals surface area contributed by atoms with Gasteiger partial charge in [0, 0.05) is 12.2 Å². The van der Waals surface area contributed by atoms with Gasteiger partial charge in [0.15, 0.2) is 0 Å². The van der Waals surface area contributed by atoms with E-state index >= 15 is 0 Å². The van der Waals surface area contributed by atoms with Gasteiger partial charge in [0.25, 0.3) is 0 Å². The number of nitrogens with zero attached hydrogens (tertiary/aromatic N) is 2. The van der Waals surface area contributed by atoms with Crippen molar-refractivity contribution in [3.8, 4) is 0 Å². The van der Waals surface area contributed by atoms with Crippen LogP contribution in [0.3, 0.4) is 0 Å². The Hall–Kier alpha value is -1.65. The summed E-state index contributed by atoms with van der Waals surface area (Å²) in [6, 6.07) is 2.31. The van der Waals surface area contributed by atoms with E-state index in [1.807, 2.05) is 0 Å². The lowest BCUT2D eigenvalue weighted by molar-refractivity contribution is 0.0587. The lowest BCUT2D eigenvalue weighted by atomic mass is 9.95. The Bertz CT molecular complexity index is 463. The third kappa shape index (κ3) is 2.05. The molecule has 2 saturated carbocycles. The molecular formula is C13H17N3O2. The second-order valence-corrected chi connectivity index (χ2v) is 5.18. The first-order valence-corrected chi connectivity index (χ1v) is 6.44. The summed E-state index contributed by atoms with van der Waals surface area (Å²) in [5, 5.41) is 3.43. The van der Waals surface area contributed by atoms with E-state index < -0.39 is 5.97 Å². The van der Waals surface area contributed by atoms with Crippen LogP contribution in [0, 0.1) is 11.8 Å². The van der Waals surface area contributed by atoms with E-state index in [-0.39, 0.29) is 5.82 Å². The van der Waals surface area contributed by atoms with E-state index in [0.29, 0.717) is 6.04 Å². The highest BCUT2D eigenvalue weighted by atomic mass is 16.5. The largest absolute Gasteiger partial charge is 0.463 e. The second-order valence-electron chi connectivity index (χ2n) is 5.18. The average molecular weight is 247 g/mol. The number of carbonyl (C=O) groups excluding carboxylic acids is 1. The molecule has 1 N–H and O–H groups in total. The van der Waals surface area contributed by atoms with Crippen molar-refractivity contribution < 1.29 is 9.53 Å². The van der Waals surface area contributed by atoms with Crippen LogP contribution in [0.1, 0.15) is 36.3 Å². The van der Waals surface area contributed by atoms with Gasteiger partial charge >= 0.3 is 5.97 Å². The maximum atomic E-state index is 11.4. The summed E-state index contributed by atoms with van der Waals surface area (Å²) < 4.78 is 4.62. The molecule has 1 heterocycles. The molecule has 0 saturated heterocycles. The normalized spacial score (nSPS) is 29.3. The predicted octanol–water partition coefficient (Wildman–Crippen LogP) is 1.86. The van der Waals surface area contributed by atoms with E-state index in [0.717, 1.165) is 17.7 Å². The fourth-order valence-corrected chi connectivity index (χ4v) is 3.24. The third-order valence-electron chi connectivity index (χ3n) is 4.09. The molecule has 0 radical (unpaired) electrons.